The molecule has 19 heavy (non-hydrogen) atoms. The topological polar surface area (TPSA) is 46.2 Å². The van der Waals surface area contributed by atoms with Crippen LogP contribution in [0.5, 0.6) is 0 Å². The summed E-state index contributed by atoms with van der Waals surface area (Å²) in [5, 5.41) is 0. The van der Waals surface area contributed by atoms with Crippen molar-refractivity contribution in [2.75, 3.05) is 40.6 Å². The van der Waals surface area contributed by atoms with Crippen molar-refractivity contribution in [2.24, 2.45) is 0 Å². The molecule has 0 amide bonds. The highest BCUT2D eigenvalue weighted by atomic mass is 16.6. The third kappa shape index (κ3) is 11.3. The number of hydrogen-bond acceptors (Lipinski definition) is 5. The standard InChI is InChI=1S/C14H30O5/c1-11(16-6)8-17-13(3)10-19-14(4)9-18-12(2)7-15-5/h11-14H,7-10H2,1-6H3. The molecular formula is C14H30O5. The Morgan fingerprint density at radius 3 is 1.32 bits per heavy atom. The Hall–Kier alpha value is -0.200. The molecule has 116 valence electrons. The zero-order valence-electron chi connectivity index (χ0n) is 13.2. The summed E-state index contributed by atoms with van der Waals surface area (Å²) in [6, 6.07) is 0. The lowest BCUT2D eigenvalue weighted by molar-refractivity contribution is -0.0871. The van der Waals surface area contributed by atoms with Gasteiger partial charge in [0.25, 0.3) is 0 Å². The lowest BCUT2D eigenvalue weighted by Gasteiger charge is -2.20. The van der Waals surface area contributed by atoms with E-state index < -0.39 is 0 Å². The van der Waals surface area contributed by atoms with Gasteiger partial charge in [-0.3, -0.25) is 0 Å². The van der Waals surface area contributed by atoms with Gasteiger partial charge in [0.1, 0.15) is 0 Å². The van der Waals surface area contributed by atoms with E-state index in [9.17, 15) is 0 Å². The average molecular weight is 278 g/mol. The Kier molecular flexibility index (Phi) is 11.5. The Balaban J connectivity index is 3.57. The zero-order valence-corrected chi connectivity index (χ0v) is 13.2. The second kappa shape index (κ2) is 11.6. The summed E-state index contributed by atoms with van der Waals surface area (Å²) < 4.78 is 27.0. The van der Waals surface area contributed by atoms with E-state index in [0.29, 0.717) is 26.4 Å². The average Bonchev–Trinajstić information content (AvgIpc) is 2.40. The fraction of sp³-hybridized carbons (Fsp3) is 1.00. The van der Waals surface area contributed by atoms with Gasteiger partial charge in [0, 0.05) is 14.2 Å². The minimum absolute atomic E-state index is 0.0465. The molecule has 0 aliphatic heterocycles. The number of rotatable bonds is 12. The van der Waals surface area contributed by atoms with E-state index in [1.807, 2.05) is 27.7 Å². The van der Waals surface area contributed by atoms with Crippen LogP contribution in [-0.2, 0) is 23.7 Å². The lowest BCUT2D eigenvalue weighted by atomic mass is 10.3. The fourth-order valence-electron chi connectivity index (χ4n) is 1.35. The number of methoxy groups -OCH3 is 2. The van der Waals surface area contributed by atoms with Crippen LogP contribution in [0.15, 0.2) is 0 Å². The lowest BCUT2D eigenvalue weighted by Crippen LogP contribution is -2.27. The summed E-state index contributed by atoms with van der Waals surface area (Å²) in [7, 11) is 3.34. The van der Waals surface area contributed by atoms with E-state index in [0.717, 1.165) is 0 Å². The van der Waals surface area contributed by atoms with Gasteiger partial charge in [-0.2, -0.15) is 0 Å². The molecular weight excluding hydrogens is 248 g/mol. The highest BCUT2D eigenvalue weighted by molar-refractivity contribution is 4.56. The molecule has 0 saturated carbocycles. The van der Waals surface area contributed by atoms with E-state index in [1.54, 1.807) is 14.2 Å². The minimum Gasteiger partial charge on any atom is -0.382 e. The maximum Gasteiger partial charge on any atom is 0.0781 e. The monoisotopic (exact) mass is 278 g/mol. The zero-order chi connectivity index (χ0) is 14.7. The predicted octanol–water partition coefficient (Wildman–Crippen LogP) is 1.88. The van der Waals surface area contributed by atoms with Crippen molar-refractivity contribution < 1.29 is 23.7 Å². The first-order valence-electron chi connectivity index (χ1n) is 6.86. The molecule has 0 saturated heterocycles. The van der Waals surface area contributed by atoms with Crippen LogP contribution < -0.4 is 0 Å². The molecule has 0 aromatic heterocycles. The molecule has 0 spiro atoms. The van der Waals surface area contributed by atoms with Crippen LogP contribution >= 0.6 is 0 Å². The quantitative estimate of drug-likeness (QED) is 0.545. The first-order chi connectivity index (χ1) is 8.99. The van der Waals surface area contributed by atoms with Crippen LogP contribution in [0.1, 0.15) is 27.7 Å². The van der Waals surface area contributed by atoms with E-state index >= 15 is 0 Å². The van der Waals surface area contributed by atoms with Crippen molar-refractivity contribution in [3.05, 3.63) is 0 Å². The van der Waals surface area contributed by atoms with Crippen LogP contribution in [0, 0.1) is 0 Å². The number of ether oxygens (including phenoxy) is 5. The van der Waals surface area contributed by atoms with Crippen LogP contribution in [0.4, 0.5) is 0 Å². The second-order valence-corrected chi connectivity index (χ2v) is 4.93. The summed E-state index contributed by atoms with van der Waals surface area (Å²) in [5.41, 5.74) is 0. The van der Waals surface area contributed by atoms with Crippen molar-refractivity contribution in [3.8, 4) is 0 Å². The molecule has 4 unspecified atom stereocenters. The summed E-state index contributed by atoms with van der Waals surface area (Å²) in [6.45, 7) is 10.2. The van der Waals surface area contributed by atoms with E-state index in [-0.39, 0.29) is 24.4 Å². The maximum atomic E-state index is 5.67. The predicted molar refractivity (Wildman–Crippen MR) is 74.6 cm³/mol. The van der Waals surface area contributed by atoms with Crippen molar-refractivity contribution >= 4 is 0 Å². The first-order valence-corrected chi connectivity index (χ1v) is 6.86. The van der Waals surface area contributed by atoms with Gasteiger partial charge < -0.3 is 23.7 Å². The molecule has 0 aliphatic carbocycles. The van der Waals surface area contributed by atoms with Crippen LogP contribution in [0.25, 0.3) is 0 Å². The van der Waals surface area contributed by atoms with Crippen molar-refractivity contribution in [2.45, 2.75) is 52.1 Å². The second-order valence-electron chi connectivity index (χ2n) is 4.93. The molecule has 5 nitrogen and oxygen atoms in total. The van der Waals surface area contributed by atoms with E-state index in [1.165, 1.54) is 0 Å². The third-order valence-electron chi connectivity index (χ3n) is 2.65. The van der Waals surface area contributed by atoms with Crippen molar-refractivity contribution in [3.63, 3.8) is 0 Å². The third-order valence-corrected chi connectivity index (χ3v) is 2.65. The van der Waals surface area contributed by atoms with Gasteiger partial charge >= 0.3 is 0 Å². The van der Waals surface area contributed by atoms with Gasteiger partial charge in [0.15, 0.2) is 0 Å². The first kappa shape index (κ1) is 18.8. The van der Waals surface area contributed by atoms with Gasteiger partial charge in [0.2, 0.25) is 0 Å². The molecule has 4 atom stereocenters. The van der Waals surface area contributed by atoms with Gasteiger partial charge in [-0.15, -0.1) is 0 Å². The van der Waals surface area contributed by atoms with Gasteiger partial charge in [-0.1, -0.05) is 0 Å². The molecule has 0 rings (SSSR count). The molecule has 0 aromatic carbocycles. The largest absolute Gasteiger partial charge is 0.382 e. The summed E-state index contributed by atoms with van der Waals surface area (Å²) in [4.78, 5) is 0. The smallest absolute Gasteiger partial charge is 0.0781 e. The van der Waals surface area contributed by atoms with E-state index in [4.69, 9.17) is 23.7 Å². The number of hydrogen-bond donors (Lipinski definition) is 0. The molecule has 0 bridgehead atoms. The van der Waals surface area contributed by atoms with Crippen LogP contribution in [-0.4, -0.2) is 65.1 Å². The normalized spacial score (nSPS) is 18.0. The van der Waals surface area contributed by atoms with Crippen LogP contribution in [0.2, 0.25) is 0 Å². The van der Waals surface area contributed by atoms with Crippen molar-refractivity contribution in [1.29, 1.82) is 0 Å². The molecule has 0 N–H and O–H groups in total. The molecule has 5 heteroatoms. The highest BCUT2D eigenvalue weighted by Gasteiger charge is 2.10. The molecule has 0 radical (unpaired) electrons. The maximum absolute atomic E-state index is 5.67. The Morgan fingerprint density at radius 2 is 0.947 bits per heavy atom. The molecule has 0 aliphatic rings. The van der Waals surface area contributed by atoms with Gasteiger partial charge in [-0.05, 0) is 27.7 Å². The Morgan fingerprint density at radius 1 is 0.579 bits per heavy atom. The summed E-state index contributed by atoms with van der Waals surface area (Å²) in [5.74, 6) is 0. The summed E-state index contributed by atoms with van der Waals surface area (Å²) in [6.07, 6.45) is 0.298. The fourth-order valence-corrected chi connectivity index (χ4v) is 1.35. The van der Waals surface area contributed by atoms with Crippen LogP contribution in [0.3, 0.4) is 0 Å². The minimum atomic E-state index is 0.0465. The van der Waals surface area contributed by atoms with E-state index in [2.05, 4.69) is 0 Å². The molecule has 0 heterocycles. The van der Waals surface area contributed by atoms with Gasteiger partial charge in [0.05, 0.1) is 50.8 Å². The summed E-state index contributed by atoms with van der Waals surface area (Å²) >= 11 is 0. The Labute approximate surface area is 117 Å². The molecule has 0 fully saturated rings. The van der Waals surface area contributed by atoms with Crippen molar-refractivity contribution in [1.82, 2.24) is 0 Å². The highest BCUT2D eigenvalue weighted by Crippen LogP contribution is 2.01. The Bertz CT molecular complexity index is 200. The SMILES string of the molecule is COCC(C)OCC(C)OCC(C)OCC(C)OC. The molecule has 0 aromatic rings. The van der Waals surface area contributed by atoms with Gasteiger partial charge in [-0.25, -0.2) is 0 Å².